The second kappa shape index (κ2) is 6.50. The van der Waals surface area contributed by atoms with Gasteiger partial charge in [0.25, 0.3) is 0 Å². The van der Waals surface area contributed by atoms with Crippen LogP contribution in [0.15, 0.2) is 18.2 Å². The number of rotatable bonds is 4. The summed E-state index contributed by atoms with van der Waals surface area (Å²) in [5.41, 5.74) is 0.741. The van der Waals surface area contributed by atoms with Crippen molar-refractivity contribution < 1.29 is 9.13 Å². The molecular formula is C14H18FN3O. The lowest BCUT2D eigenvalue weighted by atomic mass is 10.2. The molecule has 0 radical (unpaired) electrons. The Labute approximate surface area is 112 Å². The number of halogens is 1. The van der Waals surface area contributed by atoms with Crippen LogP contribution >= 0.6 is 0 Å². The molecule has 0 aromatic heterocycles. The van der Waals surface area contributed by atoms with E-state index in [2.05, 4.69) is 17.1 Å². The molecule has 1 aliphatic heterocycles. The molecule has 0 amide bonds. The monoisotopic (exact) mass is 263 g/mol. The fraction of sp³-hybridized carbons (Fsp3) is 0.500. The van der Waals surface area contributed by atoms with Gasteiger partial charge in [0.2, 0.25) is 0 Å². The predicted molar refractivity (Wildman–Crippen MR) is 71.5 cm³/mol. The van der Waals surface area contributed by atoms with Crippen molar-refractivity contribution in [3.63, 3.8) is 0 Å². The van der Waals surface area contributed by atoms with Gasteiger partial charge in [-0.3, -0.25) is 4.90 Å². The summed E-state index contributed by atoms with van der Waals surface area (Å²) in [5.74, 6) is -0.401. The van der Waals surface area contributed by atoms with E-state index in [4.69, 9.17) is 10.00 Å². The maximum atomic E-state index is 13.7. The highest BCUT2D eigenvalue weighted by Crippen LogP contribution is 2.16. The van der Waals surface area contributed by atoms with Crippen LogP contribution in [0.1, 0.15) is 12.5 Å². The lowest BCUT2D eigenvalue weighted by Crippen LogP contribution is -2.45. The second-order valence-corrected chi connectivity index (χ2v) is 4.57. The number of benzene rings is 1. The zero-order valence-corrected chi connectivity index (χ0v) is 11.0. The Balaban J connectivity index is 1.90. The first-order chi connectivity index (χ1) is 9.22. The van der Waals surface area contributed by atoms with Crippen LogP contribution in [0.2, 0.25) is 0 Å². The number of anilines is 1. The third-order valence-electron chi connectivity index (χ3n) is 3.29. The predicted octanol–water partition coefficient (Wildman–Crippen LogP) is 1.83. The van der Waals surface area contributed by atoms with Crippen molar-refractivity contribution in [1.82, 2.24) is 4.90 Å². The molecule has 0 saturated carbocycles. The fourth-order valence-electron chi connectivity index (χ4n) is 2.14. The van der Waals surface area contributed by atoms with E-state index in [1.165, 1.54) is 6.07 Å². The molecule has 1 aliphatic rings. The minimum Gasteiger partial charge on any atom is -0.380 e. The summed E-state index contributed by atoms with van der Waals surface area (Å²) in [4.78, 5) is 2.31. The van der Waals surface area contributed by atoms with Gasteiger partial charge in [0.15, 0.2) is 0 Å². The molecule has 0 aliphatic carbocycles. The van der Waals surface area contributed by atoms with Crippen LogP contribution in [0.4, 0.5) is 10.1 Å². The quantitative estimate of drug-likeness (QED) is 0.900. The van der Waals surface area contributed by atoms with E-state index in [1.807, 2.05) is 6.07 Å². The maximum absolute atomic E-state index is 13.7. The van der Waals surface area contributed by atoms with Crippen molar-refractivity contribution in [2.75, 3.05) is 38.1 Å². The van der Waals surface area contributed by atoms with Gasteiger partial charge < -0.3 is 10.1 Å². The molecule has 1 fully saturated rings. The van der Waals surface area contributed by atoms with Gasteiger partial charge in [-0.15, -0.1) is 0 Å². The third kappa shape index (κ3) is 3.66. The molecular weight excluding hydrogens is 245 g/mol. The molecule has 0 bridgehead atoms. The summed E-state index contributed by atoms with van der Waals surface area (Å²) in [6.07, 6.45) is 0.0729. The molecule has 1 N–H and O–H groups in total. The SMILES string of the molecule is CCN1CCOC(CNc2ccc(C#N)cc2F)C1. The van der Waals surface area contributed by atoms with E-state index in [0.717, 1.165) is 26.2 Å². The number of morpholine rings is 1. The highest BCUT2D eigenvalue weighted by Gasteiger charge is 2.19. The maximum Gasteiger partial charge on any atom is 0.147 e. The number of likely N-dealkylation sites (N-methyl/N-ethyl adjacent to an activating group) is 1. The van der Waals surface area contributed by atoms with Crippen molar-refractivity contribution in [3.05, 3.63) is 29.6 Å². The Morgan fingerprint density at radius 2 is 2.42 bits per heavy atom. The molecule has 5 heteroatoms. The van der Waals surface area contributed by atoms with Gasteiger partial charge >= 0.3 is 0 Å². The first-order valence-electron chi connectivity index (χ1n) is 6.50. The highest BCUT2D eigenvalue weighted by atomic mass is 19.1. The van der Waals surface area contributed by atoms with Crippen molar-refractivity contribution in [2.24, 2.45) is 0 Å². The Morgan fingerprint density at radius 3 is 3.11 bits per heavy atom. The molecule has 1 unspecified atom stereocenters. The summed E-state index contributed by atoms with van der Waals surface area (Å²) >= 11 is 0. The van der Waals surface area contributed by atoms with Crippen LogP contribution in [0.25, 0.3) is 0 Å². The molecule has 2 rings (SSSR count). The zero-order valence-electron chi connectivity index (χ0n) is 11.0. The Kier molecular flexibility index (Phi) is 4.72. The number of ether oxygens (including phenoxy) is 1. The van der Waals surface area contributed by atoms with Crippen LogP contribution < -0.4 is 5.32 Å². The van der Waals surface area contributed by atoms with Gasteiger partial charge in [-0.1, -0.05) is 6.92 Å². The largest absolute Gasteiger partial charge is 0.380 e. The molecule has 1 aromatic carbocycles. The van der Waals surface area contributed by atoms with Gasteiger partial charge in [-0.25, -0.2) is 4.39 Å². The topological polar surface area (TPSA) is 48.3 Å². The van der Waals surface area contributed by atoms with E-state index >= 15 is 0 Å². The summed E-state index contributed by atoms with van der Waals surface area (Å²) in [5, 5.41) is 11.7. The molecule has 1 aromatic rings. The number of nitrogens with one attached hydrogen (secondary N) is 1. The van der Waals surface area contributed by atoms with Crippen molar-refractivity contribution in [1.29, 1.82) is 5.26 Å². The number of hydrogen-bond donors (Lipinski definition) is 1. The lowest BCUT2D eigenvalue weighted by molar-refractivity contribution is -0.0192. The van der Waals surface area contributed by atoms with Gasteiger partial charge in [-0.2, -0.15) is 5.26 Å². The van der Waals surface area contributed by atoms with E-state index in [0.29, 0.717) is 17.8 Å². The smallest absolute Gasteiger partial charge is 0.147 e. The van der Waals surface area contributed by atoms with Gasteiger partial charge in [0, 0.05) is 19.6 Å². The molecule has 4 nitrogen and oxygen atoms in total. The molecule has 1 atom stereocenters. The van der Waals surface area contributed by atoms with Gasteiger partial charge in [0.1, 0.15) is 5.82 Å². The van der Waals surface area contributed by atoms with Gasteiger partial charge in [0.05, 0.1) is 30.0 Å². The summed E-state index contributed by atoms with van der Waals surface area (Å²) in [7, 11) is 0. The Hall–Kier alpha value is -1.64. The van der Waals surface area contributed by atoms with Crippen molar-refractivity contribution >= 4 is 5.69 Å². The van der Waals surface area contributed by atoms with Crippen LogP contribution in [0.3, 0.4) is 0 Å². The molecule has 19 heavy (non-hydrogen) atoms. The third-order valence-corrected chi connectivity index (χ3v) is 3.29. The average Bonchev–Trinajstić information content (AvgIpc) is 2.46. The van der Waals surface area contributed by atoms with Crippen molar-refractivity contribution in [2.45, 2.75) is 13.0 Å². The zero-order chi connectivity index (χ0) is 13.7. The molecule has 0 spiro atoms. The van der Waals surface area contributed by atoms with E-state index in [9.17, 15) is 4.39 Å². The summed E-state index contributed by atoms with van der Waals surface area (Å²) in [6, 6.07) is 6.35. The lowest BCUT2D eigenvalue weighted by Gasteiger charge is -2.32. The Bertz CT molecular complexity index is 472. The minimum absolute atomic E-state index is 0.0729. The normalized spacial score (nSPS) is 19.9. The summed E-state index contributed by atoms with van der Waals surface area (Å²) in [6.45, 7) is 6.23. The standard InChI is InChI=1S/C14H18FN3O/c1-2-18-5-6-19-12(10-18)9-17-14-4-3-11(8-16)7-13(14)15/h3-4,7,12,17H,2,5-6,9-10H2,1H3. The first kappa shape index (κ1) is 13.8. The van der Waals surface area contributed by atoms with Gasteiger partial charge in [-0.05, 0) is 24.7 Å². The first-order valence-corrected chi connectivity index (χ1v) is 6.50. The molecule has 1 heterocycles. The van der Waals surface area contributed by atoms with Crippen LogP contribution in [-0.4, -0.2) is 43.8 Å². The highest BCUT2D eigenvalue weighted by molar-refractivity contribution is 5.48. The van der Waals surface area contributed by atoms with E-state index < -0.39 is 5.82 Å². The van der Waals surface area contributed by atoms with E-state index in [-0.39, 0.29) is 6.10 Å². The van der Waals surface area contributed by atoms with E-state index in [1.54, 1.807) is 12.1 Å². The minimum atomic E-state index is -0.401. The molecule has 1 saturated heterocycles. The fourth-order valence-corrected chi connectivity index (χ4v) is 2.14. The number of hydrogen-bond acceptors (Lipinski definition) is 4. The number of nitrogens with zero attached hydrogens (tertiary/aromatic N) is 2. The average molecular weight is 263 g/mol. The summed E-state index contributed by atoms with van der Waals surface area (Å²) < 4.78 is 19.3. The molecule has 102 valence electrons. The van der Waals surface area contributed by atoms with Crippen LogP contribution in [0.5, 0.6) is 0 Å². The van der Waals surface area contributed by atoms with Crippen LogP contribution in [0, 0.1) is 17.1 Å². The van der Waals surface area contributed by atoms with Crippen molar-refractivity contribution in [3.8, 4) is 6.07 Å². The number of nitriles is 1. The van der Waals surface area contributed by atoms with Crippen LogP contribution in [-0.2, 0) is 4.74 Å². The Morgan fingerprint density at radius 1 is 1.58 bits per heavy atom. The second-order valence-electron chi connectivity index (χ2n) is 4.57.